The summed E-state index contributed by atoms with van der Waals surface area (Å²) in [6.07, 6.45) is 4.41. The molecule has 1 aliphatic rings. The van der Waals surface area contributed by atoms with Crippen LogP contribution in [0.1, 0.15) is 24.1 Å². The van der Waals surface area contributed by atoms with Crippen molar-refractivity contribution in [1.29, 1.82) is 0 Å². The summed E-state index contributed by atoms with van der Waals surface area (Å²) < 4.78 is 25.3. The molecule has 8 nitrogen and oxygen atoms in total. The first kappa shape index (κ1) is 21.4. The van der Waals surface area contributed by atoms with Crippen molar-refractivity contribution in [3.8, 4) is 0 Å². The second-order valence-electron chi connectivity index (χ2n) is 6.73. The fourth-order valence-electron chi connectivity index (χ4n) is 2.71. The van der Waals surface area contributed by atoms with Crippen LogP contribution in [0.15, 0.2) is 64.9 Å². The van der Waals surface area contributed by atoms with Crippen LogP contribution >= 0.6 is 22.9 Å². The molecule has 0 bridgehead atoms. The molecule has 160 valence electrons. The summed E-state index contributed by atoms with van der Waals surface area (Å²) in [7, 11) is -3.33. The van der Waals surface area contributed by atoms with Crippen LogP contribution in [-0.4, -0.2) is 35.3 Å². The van der Waals surface area contributed by atoms with Crippen LogP contribution in [0, 0.1) is 0 Å². The number of nitrogens with zero attached hydrogens (tertiary/aromatic N) is 3. The van der Waals surface area contributed by atoms with Crippen molar-refractivity contribution < 1.29 is 18.0 Å². The minimum atomic E-state index is -3.33. The molecule has 1 aliphatic carbocycles. The van der Waals surface area contributed by atoms with Gasteiger partial charge in [-0.05, 0) is 37.1 Å². The molecule has 11 heteroatoms. The Morgan fingerprint density at radius 2 is 1.97 bits per heavy atom. The molecule has 1 amide bonds. The first-order valence-corrected chi connectivity index (χ1v) is 12.0. The van der Waals surface area contributed by atoms with Crippen molar-refractivity contribution in [2.24, 2.45) is 5.16 Å². The zero-order valence-corrected chi connectivity index (χ0v) is 18.5. The van der Waals surface area contributed by atoms with E-state index >= 15 is 0 Å². The number of carbonyl (C=O) groups is 1. The van der Waals surface area contributed by atoms with Crippen molar-refractivity contribution in [3.63, 3.8) is 0 Å². The molecule has 0 aliphatic heterocycles. The van der Waals surface area contributed by atoms with E-state index in [1.807, 2.05) is 6.07 Å². The predicted octanol–water partition coefficient (Wildman–Crippen LogP) is 3.69. The Hall–Kier alpha value is -2.82. The van der Waals surface area contributed by atoms with Crippen LogP contribution in [0.3, 0.4) is 0 Å². The van der Waals surface area contributed by atoms with Gasteiger partial charge in [-0.1, -0.05) is 46.3 Å². The molecule has 3 aromatic rings. The number of hydrogen-bond donors (Lipinski definition) is 1. The Labute approximate surface area is 187 Å². The van der Waals surface area contributed by atoms with Gasteiger partial charge in [0.1, 0.15) is 4.34 Å². The summed E-state index contributed by atoms with van der Waals surface area (Å²) in [5.74, 6) is -0.565. The quantitative estimate of drug-likeness (QED) is 0.392. The fourth-order valence-corrected chi connectivity index (χ4v) is 5.18. The normalized spacial score (nSPS) is 14.3. The lowest BCUT2D eigenvalue weighted by atomic mass is 10.1. The molecule has 2 aromatic heterocycles. The Morgan fingerprint density at radius 3 is 2.58 bits per heavy atom. The van der Waals surface area contributed by atoms with Gasteiger partial charge in [0.2, 0.25) is 0 Å². The number of nitrogens with one attached hydrogen (secondary N) is 1. The fraction of sp³-hybridized carbons (Fsp3) is 0.200. The van der Waals surface area contributed by atoms with E-state index in [4.69, 9.17) is 16.4 Å². The lowest BCUT2D eigenvalue weighted by Gasteiger charge is -2.08. The highest BCUT2D eigenvalue weighted by molar-refractivity contribution is 7.92. The van der Waals surface area contributed by atoms with Crippen molar-refractivity contribution in [1.82, 2.24) is 9.97 Å². The molecule has 31 heavy (non-hydrogen) atoms. The maximum Gasteiger partial charge on any atom is 0.280 e. The van der Waals surface area contributed by atoms with Crippen molar-refractivity contribution in [2.45, 2.75) is 29.6 Å². The highest BCUT2D eigenvalue weighted by Crippen LogP contribution is 2.33. The Kier molecular flexibility index (Phi) is 6.30. The summed E-state index contributed by atoms with van der Waals surface area (Å²) in [6, 6.07) is 11.4. The zero-order chi connectivity index (χ0) is 21.8. The van der Waals surface area contributed by atoms with Crippen LogP contribution in [0.5, 0.6) is 0 Å². The van der Waals surface area contributed by atoms with Crippen molar-refractivity contribution in [2.75, 3.05) is 5.32 Å². The number of amides is 1. The van der Waals surface area contributed by atoms with Gasteiger partial charge >= 0.3 is 0 Å². The maximum atomic E-state index is 12.8. The number of benzene rings is 1. The van der Waals surface area contributed by atoms with Gasteiger partial charge in [0.05, 0.1) is 22.0 Å². The molecule has 2 heterocycles. The number of sulfone groups is 1. The number of carbonyl (C=O) groups excluding carboxylic acids is 1. The third-order valence-corrected chi connectivity index (χ3v) is 7.74. The first-order valence-electron chi connectivity index (χ1n) is 9.30. The average molecular weight is 477 g/mol. The van der Waals surface area contributed by atoms with E-state index in [0.29, 0.717) is 33.6 Å². The van der Waals surface area contributed by atoms with Crippen LogP contribution in [0.25, 0.3) is 0 Å². The summed E-state index contributed by atoms with van der Waals surface area (Å²) >= 11 is 6.97. The maximum absolute atomic E-state index is 12.8. The number of oxime groups is 1. The highest BCUT2D eigenvalue weighted by atomic mass is 35.5. The number of pyridine rings is 1. The molecule has 0 spiro atoms. The largest absolute Gasteiger partial charge is 0.389 e. The van der Waals surface area contributed by atoms with Gasteiger partial charge in [0.25, 0.3) is 5.91 Å². The third kappa shape index (κ3) is 5.27. The standard InChI is InChI=1S/C20H17ClN4O4S2/c21-17-11-23-20(30-17)24-19(26)18(25-29-12-14-3-1-2-10-22-14)13-4-6-15(7-5-13)31(27,28)16-8-9-16/h1-7,10-11,16H,8-9,12H2,(H,23,24,26). The lowest BCUT2D eigenvalue weighted by molar-refractivity contribution is -0.110. The molecule has 0 radical (unpaired) electrons. The van der Waals surface area contributed by atoms with Crippen LogP contribution in [0.2, 0.25) is 4.34 Å². The predicted molar refractivity (Wildman–Crippen MR) is 118 cm³/mol. The molecule has 0 atom stereocenters. The second kappa shape index (κ2) is 9.13. The summed E-state index contributed by atoms with van der Waals surface area (Å²) in [4.78, 5) is 26.5. The number of aromatic nitrogens is 2. The summed E-state index contributed by atoms with van der Waals surface area (Å²) in [5.41, 5.74) is 1.01. The number of anilines is 1. The van der Waals surface area contributed by atoms with E-state index < -0.39 is 15.7 Å². The van der Waals surface area contributed by atoms with E-state index in [1.54, 1.807) is 18.3 Å². The van der Waals surface area contributed by atoms with Crippen molar-refractivity contribution in [3.05, 3.63) is 70.5 Å². The second-order valence-corrected chi connectivity index (χ2v) is 10.6. The molecule has 0 unspecified atom stereocenters. The van der Waals surface area contributed by atoms with Crippen molar-refractivity contribution >= 4 is 49.5 Å². The summed E-state index contributed by atoms with van der Waals surface area (Å²) in [6.45, 7) is 0.0643. The van der Waals surface area contributed by atoms with E-state index in [9.17, 15) is 13.2 Å². The first-order chi connectivity index (χ1) is 14.9. The summed E-state index contributed by atoms with van der Waals surface area (Å²) in [5, 5.41) is 6.61. The van der Waals surface area contributed by atoms with Gasteiger partial charge in [-0.2, -0.15) is 0 Å². The van der Waals surface area contributed by atoms with Gasteiger partial charge in [0, 0.05) is 11.8 Å². The Balaban J connectivity index is 1.57. The number of hydrogen-bond acceptors (Lipinski definition) is 8. The minimum absolute atomic E-state index is 0.0300. The number of halogens is 1. The molecule has 0 saturated heterocycles. The van der Waals surface area contributed by atoms with Gasteiger partial charge < -0.3 is 4.84 Å². The van der Waals surface area contributed by atoms with Gasteiger partial charge in [0.15, 0.2) is 27.3 Å². The number of thiazole rings is 1. The van der Waals surface area contributed by atoms with E-state index in [0.717, 1.165) is 11.3 Å². The third-order valence-electron chi connectivity index (χ3n) is 4.43. The molecule has 1 fully saturated rings. The lowest BCUT2D eigenvalue weighted by Crippen LogP contribution is -2.24. The van der Waals surface area contributed by atoms with Gasteiger partial charge in [-0.3, -0.25) is 15.1 Å². The van der Waals surface area contributed by atoms with E-state index in [1.165, 1.54) is 30.5 Å². The highest BCUT2D eigenvalue weighted by Gasteiger charge is 2.36. The molecular weight excluding hydrogens is 460 g/mol. The van der Waals surface area contributed by atoms with Crippen LogP contribution < -0.4 is 5.32 Å². The number of rotatable bonds is 8. The SMILES string of the molecule is O=C(Nc1ncc(Cl)s1)C(=NOCc1ccccn1)c1ccc(S(=O)(=O)C2CC2)cc1. The molecule has 1 saturated carbocycles. The smallest absolute Gasteiger partial charge is 0.280 e. The zero-order valence-electron chi connectivity index (χ0n) is 16.1. The van der Waals surface area contributed by atoms with Crippen LogP contribution in [-0.2, 0) is 26.1 Å². The van der Waals surface area contributed by atoms with E-state index in [2.05, 4.69) is 20.4 Å². The molecular formula is C20H17ClN4O4S2. The topological polar surface area (TPSA) is 111 Å². The van der Waals surface area contributed by atoms with E-state index in [-0.39, 0.29) is 22.5 Å². The average Bonchev–Trinajstić information content (AvgIpc) is 3.56. The Bertz CT molecular complexity index is 1210. The minimum Gasteiger partial charge on any atom is -0.389 e. The van der Waals surface area contributed by atoms with Gasteiger partial charge in [-0.25, -0.2) is 13.4 Å². The van der Waals surface area contributed by atoms with Gasteiger partial charge in [-0.15, -0.1) is 0 Å². The van der Waals surface area contributed by atoms with Crippen LogP contribution in [0.4, 0.5) is 5.13 Å². The molecule has 1 aromatic carbocycles. The Morgan fingerprint density at radius 1 is 1.19 bits per heavy atom. The molecule has 1 N–H and O–H groups in total. The monoisotopic (exact) mass is 476 g/mol. The molecule has 4 rings (SSSR count).